The molecule has 6 heteroatoms. The second kappa shape index (κ2) is 4.25. The van der Waals surface area contributed by atoms with Crippen molar-refractivity contribution in [3.63, 3.8) is 0 Å². The zero-order valence-corrected chi connectivity index (χ0v) is 11.1. The fourth-order valence-corrected chi connectivity index (χ4v) is 2.46. The van der Waals surface area contributed by atoms with Gasteiger partial charge in [0.25, 0.3) is 0 Å². The molecule has 2 rings (SSSR count). The topological polar surface area (TPSA) is 70.8 Å². The minimum absolute atomic E-state index is 0.0429. The van der Waals surface area contributed by atoms with Gasteiger partial charge in [-0.15, -0.1) is 0 Å². The third kappa shape index (κ3) is 2.74. The summed E-state index contributed by atoms with van der Waals surface area (Å²) in [5.41, 5.74) is -0.333. The van der Waals surface area contributed by atoms with Crippen LogP contribution in [0, 0.1) is 10.7 Å². The molecule has 0 amide bonds. The number of hydrogen-bond acceptors (Lipinski definition) is 4. The molecular weight excluding hydrogens is 238 g/mol. The lowest BCUT2D eigenvalue weighted by Crippen LogP contribution is -2.17. The van der Waals surface area contributed by atoms with Crippen LogP contribution in [0.3, 0.4) is 0 Å². The maximum absolute atomic E-state index is 11.7. The lowest BCUT2D eigenvalue weighted by molar-refractivity contribution is -0.148. The third-order valence-corrected chi connectivity index (χ3v) is 3.27. The van der Waals surface area contributed by atoms with Crippen molar-refractivity contribution in [2.24, 2.45) is 5.92 Å². The van der Waals surface area contributed by atoms with Crippen molar-refractivity contribution in [2.75, 3.05) is 0 Å². The number of nitrogens with zero attached hydrogens (tertiary/aromatic N) is 1. The van der Waals surface area contributed by atoms with E-state index in [0.717, 1.165) is 18.7 Å². The lowest BCUT2D eigenvalue weighted by atomic mass is 9.89. The molecule has 1 aromatic heterocycles. The Morgan fingerprint density at radius 1 is 1.59 bits per heavy atom. The number of ether oxygens (including phenoxy) is 1. The van der Waals surface area contributed by atoms with Crippen LogP contribution in [0.15, 0.2) is 0 Å². The van der Waals surface area contributed by atoms with Gasteiger partial charge in [-0.1, -0.05) is 6.92 Å². The SMILES string of the molecule is C[C@@H](C[C@@H]1CC(C)(C)OC1=O)c1nc(=S)[nH][nH]1. The van der Waals surface area contributed by atoms with Gasteiger partial charge in [-0.25, -0.2) is 4.98 Å². The van der Waals surface area contributed by atoms with E-state index in [4.69, 9.17) is 17.0 Å². The minimum Gasteiger partial charge on any atom is -0.459 e. The number of nitrogens with one attached hydrogen (secondary N) is 2. The monoisotopic (exact) mass is 255 g/mol. The van der Waals surface area contributed by atoms with Crippen molar-refractivity contribution >= 4 is 18.2 Å². The molecule has 17 heavy (non-hydrogen) atoms. The molecule has 0 spiro atoms. The van der Waals surface area contributed by atoms with Crippen LogP contribution in [0.25, 0.3) is 0 Å². The van der Waals surface area contributed by atoms with Crippen LogP contribution in [-0.2, 0) is 9.53 Å². The highest BCUT2D eigenvalue weighted by atomic mass is 32.1. The van der Waals surface area contributed by atoms with Gasteiger partial charge in [0.1, 0.15) is 11.4 Å². The molecule has 1 aromatic rings. The van der Waals surface area contributed by atoms with Crippen LogP contribution in [0.4, 0.5) is 0 Å². The average molecular weight is 255 g/mol. The van der Waals surface area contributed by atoms with Crippen LogP contribution in [-0.4, -0.2) is 26.8 Å². The van der Waals surface area contributed by atoms with Crippen molar-refractivity contribution < 1.29 is 9.53 Å². The van der Waals surface area contributed by atoms with E-state index >= 15 is 0 Å². The number of aromatic nitrogens is 3. The normalized spacial score (nSPS) is 24.6. The highest BCUT2D eigenvalue weighted by molar-refractivity contribution is 7.71. The van der Waals surface area contributed by atoms with Crippen LogP contribution in [0.1, 0.15) is 45.4 Å². The van der Waals surface area contributed by atoms with E-state index in [-0.39, 0.29) is 23.4 Å². The number of carbonyl (C=O) groups is 1. The Morgan fingerprint density at radius 2 is 2.29 bits per heavy atom. The minimum atomic E-state index is -0.333. The van der Waals surface area contributed by atoms with Crippen LogP contribution in [0.2, 0.25) is 0 Å². The molecule has 2 N–H and O–H groups in total. The van der Waals surface area contributed by atoms with E-state index in [1.165, 1.54) is 0 Å². The first-order valence-electron chi connectivity index (χ1n) is 5.75. The zero-order valence-electron chi connectivity index (χ0n) is 10.2. The quantitative estimate of drug-likeness (QED) is 0.642. The Labute approximate surface area is 105 Å². The second-order valence-corrected chi connectivity index (χ2v) is 5.66. The predicted molar refractivity (Wildman–Crippen MR) is 65.1 cm³/mol. The Balaban J connectivity index is 2.02. The first-order chi connectivity index (χ1) is 7.87. The zero-order chi connectivity index (χ0) is 12.6. The second-order valence-electron chi connectivity index (χ2n) is 5.27. The summed E-state index contributed by atoms with van der Waals surface area (Å²) in [4.78, 5) is 15.8. The molecule has 1 fully saturated rings. The van der Waals surface area contributed by atoms with E-state index in [0.29, 0.717) is 4.77 Å². The maximum atomic E-state index is 11.7. The first kappa shape index (κ1) is 12.3. The highest BCUT2D eigenvalue weighted by Crippen LogP contribution is 2.35. The maximum Gasteiger partial charge on any atom is 0.309 e. The van der Waals surface area contributed by atoms with Crippen LogP contribution in [0.5, 0.6) is 0 Å². The van der Waals surface area contributed by atoms with E-state index in [9.17, 15) is 4.79 Å². The van der Waals surface area contributed by atoms with E-state index in [1.54, 1.807) is 0 Å². The van der Waals surface area contributed by atoms with Crippen LogP contribution < -0.4 is 0 Å². The molecule has 0 aliphatic carbocycles. The molecule has 0 aromatic carbocycles. The molecular formula is C11H17N3O2S. The predicted octanol–water partition coefficient (Wildman–Crippen LogP) is 2.30. The Kier molecular flexibility index (Phi) is 3.07. The number of carbonyl (C=O) groups excluding carboxylic acids is 1. The Morgan fingerprint density at radius 3 is 2.76 bits per heavy atom. The first-order valence-corrected chi connectivity index (χ1v) is 6.15. The van der Waals surface area contributed by atoms with Crippen molar-refractivity contribution in [1.29, 1.82) is 0 Å². The average Bonchev–Trinajstić information content (AvgIpc) is 2.71. The molecule has 2 atom stereocenters. The number of cyclic esters (lactones) is 1. The molecule has 94 valence electrons. The van der Waals surface area contributed by atoms with Gasteiger partial charge in [0.05, 0.1) is 5.92 Å². The van der Waals surface area contributed by atoms with Gasteiger partial charge in [0.15, 0.2) is 0 Å². The summed E-state index contributed by atoms with van der Waals surface area (Å²) < 4.78 is 5.75. The van der Waals surface area contributed by atoms with Crippen molar-refractivity contribution in [2.45, 2.75) is 45.1 Å². The summed E-state index contributed by atoms with van der Waals surface area (Å²) in [5.74, 6) is 0.816. The number of hydrogen-bond donors (Lipinski definition) is 2. The van der Waals surface area contributed by atoms with Crippen molar-refractivity contribution in [1.82, 2.24) is 15.2 Å². The summed E-state index contributed by atoms with van der Waals surface area (Å²) in [6.07, 6.45) is 1.50. The molecule has 1 aliphatic heterocycles. The van der Waals surface area contributed by atoms with Gasteiger partial charge in [0.2, 0.25) is 4.77 Å². The van der Waals surface area contributed by atoms with Crippen LogP contribution >= 0.6 is 12.2 Å². The molecule has 5 nitrogen and oxygen atoms in total. The molecule has 0 radical (unpaired) electrons. The van der Waals surface area contributed by atoms with Gasteiger partial charge < -0.3 is 4.74 Å². The number of aromatic amines is 2. The lowest BCUT2D eigenvalue weighted by Gasteiger charge is -2.15. The Hall–Kier alpha value is -1.17. The third-order valence-electron chi connectivity index (χ3n) is 3.07. The fraction of sp³-hybridized carbons (Fsp3) is 0.727. The van der Waals surface area contributed by atoms with Gasteiger partial charge >= 0.3 is 5.97 Å². The van der Waals surface area contributed by atoms with E-state index in [2.05, 4.69) is 15.2 Å². The number of H-pyrrole nitrogens is 2. The summed E-state index contributed by atoms with van der Waals surface area (Å²) >= 11 is 4.90. The van der Waals surface area contributed by atoms with E-state index < -0.39 is 0 Å². The number of esters is 1. The number of rotatable bonds is 3. The molecule has 0 bridgehead atoms. The fourth-order valence-electron chi connectivity index (χ4n) is 2.31. The highest BCUT2D eigenvalue weighted by Gasteiger charge is 2.40. The molecule has 2 heterocycles. The standard InChI is InChI=1S/C11H17N3O2S/c1-6(8-12-10(17)14-13-8)4-7-5-11(2,3)16-9(7)15/h6-7H,4-5H2,1-3H3,(H2,12,13,14,17)/t6-,7+/m0/s1. The molecule has 1 aliphatic rings. The van der Waals surface area contributed by atoms with E-state index in [1.807, 2.05) is 20.8 Å². The van der Waals surface area contributed by atoms with Crippen molar-refractivity contribution in [3.05, 3.63) is 10.6 Å². The van der Waals surface area contributed by atoms with Gasteiger partial charge in [-0.3, -0.25) is 15.0 Å². The van der Waals surface area contributed by atoms with Gasteiger partial charge in [-0.2, -0.15) is 0 Å². The molecule has 0 saturated carbocycles. The summed E-state index contributed by atoms with van der Waals surface area (Å²) in [6, 6.07) is 0. The molecule has 1 saturated heterocycles. The smallest absolute Gasteiger partial charge is 0.309 e. The van der Waals surface area contributed by atoms with Gasteiger partial charge in [-0.05, 0) is 38.9 Å². The molecule has 0 unspecified atom stereocenters. The largest absolute Gasteiger partial charge is 0.459 e. The van der Waals surface area contributed by atoms with Gasteiger partial charge in [0, 0.05) is 5.92 Å². The van der Waals surface area contributed by atoms with Crippen molar-refractivity contribution in [3.8, 4) is 0 Å². The summed E-state index contributed by atoms with van der Waals surface area (Å²) in [5, 5.41) is 5.69. The Bertz CT molecular complexity index is 477. The summed E-state index contributed by atoms with van der Waals surface area (Å²) in [6.45, 7) is 5.91. The summed E-state index contributed by atoms with van der Waals surface area (Å²) in [7, 11) is 0.